The topological polar surface area (TPSA) is 52.3 Å². The van der Waals surface area contributed by atoms with Gasteiger partial charge in [-0.1, -0.05) is 11.6 Å². The highest BCUT2D eigenvalue weighted by Gasteiger charge is 2.55. The third-order valence-corrected chi connectivity index (χ3v) is 4.54. The monoisotopic (exact) mass is 251 g/mol. The second-order valence-electron chi connectivity index (χ2n) is 6.80. The SMILES string of the molecule is CC(=O)OC(C)(C)C[C@]1(CN)C[C@@H]2CC(C)=C[C@@H]21. The van der Waals surface area contributed by atoms with Gasteiger partial charge in [-0.25, -0.2) is 0 Å². The van der Waals surface area contributed by atoms with E-state index >= 15 is 0 Å². The van der Waals surface area contributed by atoms with E-state index in [1.165, 1.54) is 25.3 Å². The zero-order valence-electron chi connectivity index (χ0n) is 12.0. The first-order valence-electron chi connectivity index (χ1n) is 6.85. The van der Waals surface area contributed by atoms with Crippen LogP contribution in [0.3, 0.4) is 0 Å². The number of hydrogen-bond acceptors (Lipinski definition) is 3. The van der Waals surface area contributed by atoms with Crippen LogP contribution in [-0.2, 0) is 9.53 Å². The van der Waals surface area contributed by atoms with E-state index in [9.17, 15) is 4.79 Å². The van der Waals surface area contributed by atoms with Crippen molar-refractivity contribution in [1.29, 1.82) is 0 Å². The molecule has 1 saturated carbocycles. The van der Waals surface area contributed by atoms with Crippen LogP contribution in [0.1, 0.15) is 47.0 Å². The van der Waals surface area contributed by atoms with Crippen LogP contribution in [0, 0.1) is 17.3 Å². The number of carbonyl (C=O) groups excluding carboxylic acids is 1. The predicted octanol–water partition coefficient (Wildman–Crippen LogP) is 2.65. The Balaban J connectivity index is 2.09. The van der Waals surface area contributed by atoms with Crippen molar-refractivity contribution < 1.29 is 9.53 Å². The Hall–Kier alpha value is -0.830. The Morgan fingerprint density at radius 2 is 2.28 bits per heavy atom. The zero-order chi connectivity index (χ0) is 13.6. The summed E-state index contributed by atoms with van der Waals surface area (Å²) in [4.78, 5) is 11.2. The van der Waals surface area contributed by atoms with E-state index in [1.54, 1.807) is 0 Å². The minimum atomic E-state index is -0.416. The lowest BCUT2D eigenvalue weighted by molar-refractivity contribution is -0.161. The highest BCUT2D eigenvalue weighted by Crippen LogP contribution is 2.60. The lowest BCUT2D eigenvalue weighted by Crippen LogP contribution is -2.53. The van der Waals surface area contributed by atoms with E-state index in [0.29, 0.717) is 12.5 Å². The standard InChI is InChI=1S/C15H25NO2/c1-10-5-12-7-15(9-16,13(12)6-10)8-14(3,4)18-11(2)17/h6,12-13H,5,7-9,16H2,1-4H3/t12-,13-,15-/m0/s1. The third-order valence-electron chi connectivity index (χ3n) is 4.54. The van der Waals surface area contributed by atoms with Crippen LogP contribution in [0.5, 0.6) is 0 Å². The molecule has 0 bridgehead atoms. The van der Waals surface area contributed by atoms with Crippen molar-refractivity contribution in [3.63, 3.8) is 0 Å². The van der Waals surface area contributed by atoms with Gasteiger partial charge in [-0.3, -0.25) is 4.79 Å². The number of nitrogens with two attached hydrogens (primary N) is 1. The molecule has 0 aromatic heterocycles. The first-order chi connectivity index (χ1) is 8.28. The van der Waals surface area contributed by atoms with E-state index in [4.69, 9.17) is 10.5 Å². The van der Waals surface area contributed by atoms with Gasteiger partial charge in [0.15, 0.2) is 0 Å². The Morgan fingerprint density at radius 1 is 1.61 bits per heavy atom. The average Bonchev–Trinajstić information content (AvgIpc) is 2.51. The predicted molar refractivity (Wildman–Crippen MR) is 71.9 cm³/mol. The second kappa shape index (κ2) is 4.37. The molecule has 0 amide bonds. The summed E-state index contributed by atoms with van der Waals surface area (Å²) in [5, 5.41) is 0. The number of esters is 1. The maximum absolute atomic E-state index is 11.2. The summed E-state index contributed by atoms with van der Waals surface area (Å²) >= 11 is 0. The molecule has 102 valence electrons. The number of rotatable bonds is 4. The Bertz CT molecular complexity index is 386. The van der Waals surface area contributed by atoms with Gasteiger partial charge in [-0.2, -0.15) is 0 Å². The molecule has 0 aromatic rings. The van der Waals surface area contributed by atoms with Crippen LogP contribution in [0.4, 0.5) is 0 Å². The van der Waals surface area contributed by atoms with E-state index in [0.717, 1.165) is 12.3 Å². The summed E-state index contributed by atoms with van der Waals surface area (Å²) in [6.07, 6.45) is 5.65. The molecular weight excluding hydrogens is 226 g/mol. The normalized spacial score (nSPS) is 34.6. The summed E-state index contributed by atoms with van der Waals surface area (Å²) in [7, 11) is 0. The molecule has 0 unspecified atom stereocenters. The van der Waals surface area contributed by atoms with Crippen molar-refractivity contribution in [2.75, 3.05) is 6.54 Å². The third kappa shape index (κ3) is 2.33. The number of allylic oxidation sites excluding steroid dienone is 2. The maximum Gasteiger partial charge on any atom is 0.303 e. The van der Waals surface area contributed by atoms with E-state index in [1.807, 2.05) is 13.8 Å². The van der Waals surface area contributed by atoms with Gasteiger partial charge in [0.2, 0.25) is 0 Å². The zero-order valence-corrected chi connectivity index (χ0v) is 12.0. The molecule has 0 spiro atoms. The van der Waals surface area contributed by atoms with Gasteiger partial charge in [-0.05, 0) is 63.8 Å². The molecule has 18 heavy (non-hydrogen) atoms. The molecule has 3 heteroatoms. The fraction of sp³-hybridized carbons (Fsp3) is 0.800. The first kappa shape index (κ1) is 13.6. The smallest absolute Gasteiger partial charge is 0.303 e. The van der Waals surface area contributed by atoms with Crippen LogP contribution in [0.25, 0.3) is 0 Å². The average molecular weight is 251 g/mol. The quantitative estimate of drug-likeness (QED) is 0.617. The summed E-state index contributed by atoms with van der Waals surface area (Å²) in [6, 6.07) is 0. The summed E-state index contributed by atoms with van der Waals surface area (Å²) in [5.41, 5.74) is 7.25. The van der Waals surface area contributed by atoms with Crippen molar-refractivity contribution in [3.8, 4) is 0 Å². The van der Waals surface area contributed by atoms with Gasteiger partial charge < -0.3 is 10.5 Å². The van der Waals surface area contributed by atoms with Crippen LogP contribution in [0.2, 0.25) is 0 Å². The van der Waals surface area contributed by atoms with Crippen molar-refractivity contribution in [3.05, 3.63) is 11.6 Å². The van der Waals surface area contributed by atoms with Gasteiger partial charge in [0.05, 0.1) is 0 Å². The minimum absolute atomic E-state index is 0.140. The molecular formula is C15H25NO2. The molecule has 0 radical (unpaired) electrons. The Kier molecular flexibility index (Phi) is 3.30. The molecule has 3 nitrogen and oxygen atoms in total. The van der Waals surface area contributed by atoms with E-state index in [2.05, 4.69) is 13.0 Å². The second-order valence-corrected chi connectivity index (χ2v) is 6.80. The van der Waals surface area contributed by atoms with Crippen molar-refractivity contribution in [1.82, 2.24) is 0 Å². The van der Waals surface area contributed by atoms with Gasteiger partial charge in [-0.15, -0.1) is 0 Å². The largest absolute Gasteiger partial charge is 0.460 e. The van der Waals surface area contributed by atoms with Crippen molar-refractivity contribution >= 4 is 5.97 Å². The Morgan fingerprint density at radius 3 is 2.78 bits per heavy atom. The fourth-order valence-corrected chi connectivity index (χ4v) is 4.18. The molecule has 0 saturated heterocycles. The lowest BCUT2D eigenvalue weighted by Gasteiger charge is -2.54. The number of carbonyl (C=O) groups is 1. The van der Waals surface area contributed by atoms with Crippen LogP contribution < -0.4 is 5.73 Å². The number of fused-ring (bicyclic) bond motifs is 1. The molecule has 2 aliphatic carbocycles. The molecule has 0 heterocycles. The fourth-order valence-electron chi connectivity index (χ4n) is 4.18. The summed E-state index contributed by atoms with van der Waals surface area (Å²) < 4.78 is 5.43. The number of hydrogen-bond donors (Lipinski definition) is 1. The molecule has 0 aliphatic heterocycles. The van der Waals surface area contributed by atoms with Gasteiger partial charge >= 0.3 is 5.97 Å². The van der Waals surface area contributed by atoms with Gasteiger partial charge in [0, 0.05) is 6.92 Å². The highest BCUT2D eigenvalue weighted by atomic mass is 16.6. The molecule has 2 rings (SSSR count). The minimum Gasteiger partial charge on any atom is -0.460 e. The molecule has 1 fully saturated rings. The van der Waals surface area contributed by atoms with Crippen LogP contribution in [-0.4, -0.2) is 18.1 Å². The molecule has 2 N–H and O–H groups in total. The van der Waals surface area contributed by atoms with Crippen molar-refractivity contribution in [2.45, 2.75) is 52.6 Å². The van der Waals surface area contributed by atoms with E-state index < -0.39 is 5.60 Å². The maximum atomic E-state index is 11.2. The molecule has 2 aliphatic rings. The van der Waals surface area contributed by atoms with Crippen molar-refractivity contribution in [2.24, 2.45) is 23.0 Å². The lowest BCUT2D eigenvalue weighted by atomic mass is 9.52. The Labute approximate surface area is 110 Å². The van der Waals surface area contributed by atoms with Crippen LogP contribution in [0.15, 0.2) is 11.6 Å². The molecule has 3 atom stereocenters. The van der Waals surface area contributed by atoms with Crippen LogP contribution >= 0.6 is 0 Å². The summed E-state index contributed by atoms with van der Waals surface area (Å²) in [6.45, 7) is 8.34. The van der Waals surface area contributed by atoms with Gasteiger partial charge in [0.1, 0.15) is 5.60 Å². The first-order valence-corrected chi connectivity index (χ1v) is 6.85. The highest BCUT2D eigenvalue weighted by molar-refractivity contribution is 5.66. The molecule has 0 aromatic carbocycles. The van der Waals surface area contributed by atoms with Gasteiger partial charge in [0.25, 0.3) is 0 Å². The summed E-state index contributed by atoms with van der Waals surface area (Å²) in [5.74, 6) is 1.17. The van der Waals surface area contributed by atoms with E-state index in [-0.39, 0.29) is 11.4 Å². The number of ether oxygens (including phenoxy) is 1.